The maximum absolute atomic E-state index is 9.20. The Morgan fingerprint density at radius 1 is 1.50 bits per heavy atom. The van der Waals surface area contributed by atoms with Crippen molar-refractivity contribution >= 4 is 0 Å². The van der Waals surface area contributed by atoms with Gasteiger partial charge in [0.15, 0.2) is 0 Å². The van der Waals surface area contributed by atoms with Crippen molar-refractivity contribution in [3.63, 3.8) is 0 Å². The zero-order chi connectivity index (χ0) is 6.62. The number of rotatable bonds is 3. The first kappa shape index (κ1) is 7.88. The van der Waals surface area contributed by atoms with Crippen molar-refractivity contribution in [2.24, 2.45) is 5.84 Å². The Morgan fingerprint density at radius 2 is 1.88 bits per heavy atom. The molecule has 0 rings (SSSR count). The molecular formula is C5H14N2O. The van der Waals surface area contributed by atoms with Gasteiger partial charge in [0.1, 0.15) is 5.72 Å². The molecule has 0 saturated heterocycles. The number of hydrogen-bond donors (Lipinski definition) is 3. The van der Waals surface area contributed by atoms with Crippen molar-refractivity contribution in [2.45, 2.75) is 32.4 Å². The van der Waals surface area contributed by atoms with Gasteiger partial charge in [0.25, 0.3) is 0 Å². The third-order valence-corrected chi connectivity index (χ3v) is 1.44. The smallest absolute Gasteiger partial charge is 0.127 e. The number of nitrogens with one attached hydrogen (secondary N) is 1. The fraction of sp³-hybridized carbons (Fsp3) is 1.00. The van der Waals surface area contributed by atoms with Crippen LogP contribution in [0.25, 0.3) is 0 Å². The minimum absolute atomic E-state index is 0.639. The second-order valence-electron chi connectivity index (χ2n) is 1.88. The lowest BCUT2D eigenvalue weighted by molar-refractivity contribution is -0.00220. The summed E-state index contributed by atoms with van der Waals surface area (Å²) in [5.74, 6) is 5.03. The molecule has 0 unspecified atom stereocenters. The van der Waals surface area contributed by atoms with Crippen molar-refractivity contribution in [3.05, 3.63) is 0 Å². The highest BCUT2D eigenvalue weighted by Gasteiger charge is 2.18. The highest BCUT2D eigenvalue weighted by atomic mass is 16.3. The van der Waals surface area contributed by atoms with Gasteiger partial charge in [0.05, 0.1) is 0 Å². The second kappa shape index (κ2) is 3.02. The van der Waals surface area contributed by atoms with E-state index in [1.54, 1.807) is 0 Å². The van der Waals surface area contributed by atoms with Crippen LogP contribution in [0.1, 0.15) is 26.7 Å². The summed E-state index contributed by atoms with van der Waals surface area (Å²) in [5, 5.41) is 9.20. The normalized spacial score (nSPS) is 12.0. The first-order valence-corrected chi connectivity index (χ1v) is 2.88. The molecule has 3 nitrogen and oxygen atoms in total. The van der Waals surface area contributed by atoms with Crippen molar-refractivity contribution in [3.8, 4) is 0 Å². The lowest BCUT2D eigenvalue weighted by Crippen LogP contribution is -2.48. The average molecular weight is 118 g/mol. The van der Waals surface area contributed by atoms with E-state index in [0.717, 1.165) is 0 Å². The molecule has 0 aliphatic carbocycles. The van der Waals surface area contributed by atoms with Crippen LogP contribution in [0.5, 0.6) is 0 Å². The highest BCUT2D eigenvalue weighted by molar-refractivity contribution is 4.66. The monoisotopic (exact) mass is 118 g/mol. The molecule has 8 heavy (non-hydrogen) atoms. The standard InChI is InChI=1S/C5H14N2O/c1-3-5(8,4-2)7-6/h7-8H,3-4,6H2,1-2H3. The van der Waals surface area contributed by atoms with Crippen LogP contribution in [0, 0.1) is 0 Å². The molecule has 0 aromatic heterocycles. The molecule has 0 saturated carbocycles. The molecule has 0 radical (unpaired) electrons. The van der Waals surface area contributed by atoms with E-state index in [0.29, 0.717) is 12.8 Å². The summed E-state index contributed by atoms with van der Waals surface area (Å²) in [6, 6.07) is 0. The molecule has 0 heterocycles. The number of nitrogens with two attached hydrogens (primary N) is 1. The lowest BCUT2D eigenvalue weighted by atomic mass is 10.1. The minimum atomic E-state index is -0.847. The molecule has 0 aromatic rings. The van der Waals surface area contributed by atoms with E-state index in [9.17, 15) is 5.11 Å². The predicted octanol–water partition coefficient (Wildman–Crippen LogP) is -0.0417. The van der Waals surface area contributed by atoms with Crippen molar-refractivity contribution < 1.29 is 5.11 Å². The molecule has 50 valence electrons. The summed E-state index contributed by atoms with van der Waals surface area (Å²) in [6.45, 7) is 3.76. The van der Waals surface area contributed by atoms with Gasteiger partial charge >= 0.3 is 0 Å². The van der Waals surface area contributed by atoms with Gasteiger partial charge < -0.3 is 5.11 Å². The second-order valence-corrected chi connectivity index (χ2v) is 1.88. The Kier molecular flexibility index (Phi) is 2.97. The average Bonchev–Trinajstić information content (AvgIpc) is 1.87. The maximum atomic E-state index is 9.20. The first-order chi connectivity index (χ1) is 3.68. The molecule has 4 N–H and O–H groups in total. The van der Waals surface area contributed by atoms with E-state index in [-0.39, 0.29) is 0 Å². The van der Waals surface area contributed by atoms with Gasteiger partial charge in [-0.1, -0.05) is 13.8 Å². The first-order valence-electron chi connectivity index (χ1n) is 2.88. The van der Waals surface area contributed by atoms with Crippen LogP contribution in [0.15, 0.2) is 0 Å². The van der Waals surface area contributed by atoms with Crippen LogP contribution >= 0.6 is 0 Å². The zero-order valence-corrected chi connectivity index (χ0v) is 5.44. The summed E-state index contributed by atoms with van der Waals surface area (Å²) in [5.41, 5.74) is 1.49. The van der Waals surface area contributed by atoms with Crippen LogP contribution in [-0.2, 0) is 0 Å². The van der Waals surface area contributed by atoms with Gasteiger partial charge in [-0.15, -0.1) is 0 Å². The maximum Gasteiger partial charge on any atom is 0.127 e. The Labute approximate surface area is 49.9 Å². The fourth-order valence-corrected chi connectivity index (χ4v) is 0.454. The van der Waals surface area contributed by atoms with E-state index >= 15 is 0 Å². The van der Waals surface area contributed by atoms with Crippen LogP contribution in [-0.4, -0.2) is 10.8 Å². The molecule has 0 atom stereocenters. The molecular weight excluding hydrogens is 104 g/mol. The molecule has 3 heteroatoms. The van der Waals surface area contributed by atoms with E-state index in [4.69, 9.17) is 5.84 Å². The number of hydrogen-bond acceptors (Lipinski definition) is 3. The summed E-state index contributed by atoms with van der Waals surface area (Å²) in [7, 11) is 0. The SMILES string of the molecule is CCC(O)(CC)NN. The molecule has 0 fully saturated rings. The molecule has 0 aliphatic rings. The van der Waals surface area contributed by atoms with Crippen LogP contribution in [0.3, 0.4) is 0 Å². The van der Waals surface area contributed by atoms with Gasteiger partial charge in [-0.2, -0.15) is 0 Å². The van der Waals surface area contributed by atoms with Crippen molar-refractivity contribution in [2.75, 3.05) is 0 Å². The van der Waals surface area contributed by atoms with Gasteiger partial charge in [-0.3, -0.25) is 5.84 Å². The van der Waals surface area contributed by atoms with Crippen molar-refractivity contribution in [1.82, 2.24) is 5.43 Å². The van der Waals surface area contributed by atoms with Gasteiger partial charge in [0.2, 0.25) is 0 Å². The molecule has 0 bridgehead atoms. The molecule has 0 spiro atoms. The van der Waals surface area contributed by atoms with E-state index < -0.39 is 5.72 Å². The molecule has 0 aliphatic heterocycles. The van der Waals surface area contributed by atoms with E-state index in [2.05, 4.69) is 5.43 Å². The zero-order valence-electron chi connectivity index (χ0n) is 5.44. The van der Waals surface area contributed by atoms with Gasteiger partial charge in [0, 0.05) is 0 Å². The quantitative estimate of drug-likeness (QED) is 0.277. The Morgan fingerprint density at radius 3 is 1.88 bits per heavy atom. The largest absolute Gasteiger partial charge is 0.375 e. The summed E-state index contributed by atoms with van der Waals surface area (Å²) in [6.07, 6.45) is 1.28. The molecule has 0 aromatic carbocycles. The summed E-state index contributed by atoms with van der Waals surface area (Å²) >= 11 is 0. The number of hydrazine groups is 1. The van der Waals surface area contributed by atoms with Crippen LogP contribution in [0.2, 0.25) is 0 Å². The number of aliphatic hydroxyl groups is 1. The van der Waals surface area contributed by atoms with Crippen LogP contribution in [0.4, 0.5) is 0 Å². The molecule has 0 amide bonds. The van der Waals surface area contributed by atoms with E-state index in [1.807, 2.05) is 13.8 Å². The van der Waals surface area contributed by atoms with Crippen LogP contribution < -0.4 is 11.3 Å². The van der Waals surface area contributed by atoms with Gasteiger partial charge in [-0.25, -0.2) is 5.43 Å². The van der Waals surface area contributed by atoms with E-state index in [1.165, 1.54) is 0 Å². The summed E-state index contributed by atoms with van der Waals surface area (Å²) < 4.78 is 0. The fourth-order valence-electron chi connectivity index (χ4n) is 0.454. The Hall–Kier alpha value is -0.120. The Bertz CT molecular complexity index is 53.2. The van der Waals surface area contributed by atoms with Gasteiger partial charge in [-0.05, 0) is 12.8 Å². The lowest BCUT2D eigenvalue weighted by Gasteiger charge is -2.23. The third kappa shape index (κ3) is 1.78. The Balaban J connectivity index is 3.58. The predicted molar refractivity (Wildman–Crippen MR) is 32.9 cm³/mol. The minimum Gasteiger partial charge on any atom is -0.375 e. The van der Waals surface area contributed by atoms with Crippen molar-refractivity contribution in [1.29, 1.82) is 0 Å². The third-order valence-electron chi connectivity index (χ3n) is 1.44. The summed E-state index contributed by atoms with van der Waals surface area (Å²) in [4.78, 5) is 0. The topological polar surface area (TPSA) is 58.3 Å². The highest BCUT2D eigenvalue weighted by Crippen LogP contribution is 2.06.